The highest BCUT2D eigenvalue weighted by molar-refractivity contribution is 6.31. The topological polar surface area (TPSA) is 79.8 Å². The lowest BCUT2D eigenvalue weighted by molar-refractivity contribution is 0.0893. The number of nitrogens with one attached hydrogen (secondary N) is 1. The van der Waals surface area contributed by atoms with E-state index in [1.54, 1.807) is 6.07 Å². The number of likely N-dealkylation sites (tertiary alicyclic amines) is 2. The van der Waals surface area contributed by atoms with Crippen LogP contribution in [0.15, 0.2) is 36.7 Å². The van der Waals surface area contributed by atoms with E-state index in [0.29, 0.717) is 48.2 Å². The number of fused-ring (bicyclic) bond motifs is 1. The molecule has 0 atom stereocenters. The first kappa shape index (κ1) is 25.3. The lowest BCUT2D eigenvalue weighted by Gasteiger charge is -2.37. The molecule has 3 heterocycles. The number of benzene rings is 2. The monoisotopic (exact) mass is 527 g/mol. The van der Waals surface area contributed by atoms with E-state index in [1.165, 1.54) is 24.9 Å². The van der Waals surface area contributed by atoms with Gasteiger partial charge in [0, 0.05) is 56.2 Å². The van der Waals surface area contributed by atoms with Gasteiger partial charge in [-0.15, -0.1) is 0 Å². The third-order valence-corrected chi connectivity index (χ3v) is 7.11. The minimum absolute atomic E-state index is 0.0242. The molecule has 0 saturated carbocycles. The highest BCUT2D eigenvalue weighted by Crippen LogP contribution is 2.37. The van der Waals surface area contributed by atoms with Crippen molar-refractivity contribution in [1.82, 2.24) is 19.8 Å². The van der Waals surface area contributed by atoms with Crippen LogP contribution in [0, 0.1) is 5.82 Å². The summed E-state index contributed by atoms with van der Waals surface area (Å²) in [5, 5.41) is 3.96. The number of ether oxygens (including phenoxy) is 2. The maximum Gasteiger partial charge on any atom is 0.320 e. The zero-order valence-corrected chi connectivity index (χ0v) is 21.6. The number of hydrogen-bond donors (Lipinski definition) is 1. The highest BCUT2D eigenvalue weighted by Gasteiger charge is 2.28. The Labute approximate surface area is 220 Å². The molecule has 37 heavy (non-hydrogen) atoms. The number of urea groups is 1. The average molecular weight is 528 g/mol. The first-order chi connectivity index (χ1) is 18.0. The number of carbonyl (C=O) groups excluding carboxylic acids is 1. The van der Waals surface area contributed by atoms with Crippen LogP contribution in [0.2, 0.25) is 5.02 Å². The Morgan fingerprint density at radius 1 is 1.05 bits per heavy atom. The van der Waals surface area contributed by atoms with Crippen LogP contribution in [0.25, 0.3) is 10.9 Å². The number of halogens is 2. The van der Waals surface area contributed by atoms with Crippen LogP contribution in [-0.4, -0.2) is 64.7 Å². The fourth-order valence-electron chi connectivity index (χ4n) is 4.86. The Kier molecular flexibility index (Phi) is 7.79. The molecular weight excluding hydrogens is 497 g/mol. The van der Waals surface area contributed by atoms with E-state index in [2.05, 4.69) is 15.3 Å². The van der Waals surface area contributed by atoms with Crippen LogP contribution in [0.1, 0.15) is 39.0 Å². The maximum absolute atomic E-state index is 13.6. The molecule has 2 saturated heterocycles. The van der Waals surface area contributed by atoms with Crippen molar-refractivity contribution < 1.29 is 18.7 Å². The fraction of sp³-hybridized carbons (Fsp3) is 0.444. The van der Waals surface area contributed by atoms with Gasteiger partial charge in [-0.1, -0.05) is 11.6 Å². The largest absolute Gasteiger partial charge is 0.490 e. The quantitative estimate of drug-likeness (QED) is 0.422. The Morgan fingerprint density at radius 2 is 1.81 bits per heavy atom. The van der Waals surface area contributed by atoms with Crippen LogP contribution in [0.3, 0.4) is 0 Å². The molecule has 2 fully saturated rings. The molecule has 1 aromatic heterocycles. The van der Waals surface area contributed by atoms with E-state index in [4.69, 9.17) is 21.1 Å². The fourth-order valence-corrected chi connectivity index (χ4v) is 5.04. The molecule has 196 valence electrons. The van der Waals surface area contributed by atoms with Gasteiger partial charge >= 0.3 is 6.03 Å². The minimum atomic E-state index is -0.486. The number of carbonyl (C=O) groups is 1. The Morgan fingerprint density at radius 3 is 2.54 bits per heavy atom. The summed E-state index contributed by atoms with van der Waals surface area (Å²) in [6.07, 6.45) is 6.28. The molecule has 2 aliphatic heterocycles. The van der Waals surface area contributed by atoms with Gasteiger partial charge in [0.25, 0.3) is 0 Å². The van der Waals surface area contributed by atoms with Crippen LogP contribution in [0.4, 0.5) is 20.7 Å². The first-order valence-electron chi connectivity index (χ1n) is 12.9. The number of hydrogen-bond acceptors (Lipinski definition) is 6. The molecule has 1 N–H and O–H groups in total. The van der Waals surface area contributed by atoms with Gasteiger partial charge in [0.15, 0.2) is 11.5 Å². The third-order valence-electron chi connectivity index (χ3n) is 6.82. The lowest BCUT2D eigenvalue weighted by Crippen LogP contribution is -2.49. The smallest absolute Gasteiger partial charge is 0.320 e. The Bertz CT molecular complexity index is 1260. The van der Waals surface area contributed by atoms with E-state index < -0.39 is 5.82 Å². The number of piperidine rings is 2. The molecule has 5 rings (SSSR count). The SMILES string of the molecule is CCOc1cc2ncnc(Nc3ccc(F)c(Cl)c3)c2cc1OC1CCN(C(=O)N2CCCCC2)CC1. The number of anilines is 2. The summed E-state index contributed by atoms with van der Waals surface area (Å²) >= 11 is 5.95. The number of amides is 2. The molecule has 8 nitrogen and oxygen atoms in total. The number of rotatable bonds is 6. The van der Waals surface area contributed by atoms with Gasteiger partial charge in [-0.25, -0.2) is 19.2 Å². The predicted octanol–water partition coefficient (Wildman–Crippen LogP) is 6.01. The summed E-state index contributed by atoms with van der Waals surface area (Å²) in [5.41, 5.74) is 1.29. The van der Waals surface area contributed by atoms with Gasteiger partial charge in [-0.05, 0) is 50.5 Å². The van der Waals surface area contributed by atoms with Gasteiger partial charge in [-0.2, -0.15) is 0 Å². The molecular formula is C27H31ClFN5O3. The molecule has 10 heteroatoms. The van der Waals surface area contributed by atoms with Crippen LogP contribution >= 0.6 is 11.6 Å². The molecule has 0 unspecified atom stereocenters. The number of nitrogens with zero attached hydrogens (tertiary/aromatic N) is 4. The van der Waals surface area contributed by atoms with Crippen molar-refractivity contribution in [3.63, 3.8) is 0 Å². The zero-order valence-electron chi connectivity index (χ0n) is 20.9. The van der Waals surface area contributed by atoms with Gasteiger partial charge < -0.3 is 24.6 Å². The normalized spacial score (nSPS) is 16.6. The summed E-state index contributed by atoms with van der Waals surface area (Å²) in [6.45, 7) is 5.44. The van der Waals surface area contributed by atoms with Gasteiger partial charge in [-0.3, -0.25) is 0 Å². The second-order valence-corrected chi connectivity index (χ2v) is 9.77. The highest BCUT2D eigenvalue weighted by atomic mass is 35.5. The second-order valence-electron chi connectivity index (χ2n) is 9.36. The lowest BCUT2D eigenvalue weighted by atomic mass is 10.1. The summed E-state index contributed by atoms with van der Waals surface area (Å²) in [4.78, 5) is 25.6. The molecule has 0 bridgehead atoms. The van der Waals surface area contributed by atoms with Crippen molar-refractivity contribution in [2.75, 3.05) is 38.1 Å². The van der Waals surface area contributed by atoms with Crippen LogP contribution in [-0.2, 0) is 0 Å². The average Bonchev–Trinajstić information content (AvgIpc) is 2.92. The van der Waals surface area contributed by atoms with Crippen molar-refractivity contribution in [1.29, 1.82) is 0 Å². The van der Waals surface area contributed by atoms with Gasteiger partial charge in [0.05, 0.1) is 17.1 Å². The summed E-state index contributed by atoms with van der Waals surface area (Å²) in [7, 11) is 0. The summed E-state index contributed by atoms with van der Waals surface area (Å²) in [6, 6.07) is 8.27. The summed E-state index contributed by atoms with van der Waals surface area (Å²) in [5.74, 6) is 1.27. The van der Waals surface area contributed by atoms with E-state index in [9.17, 15) is 9.18 Å². The molecule has 0 radical (unpaired) electrons. The van der Waals surface area contributed by atoms with Crippen LogP contribution < -0.4 is 14.8 Å². The Balaban J connectivity index is 1.33. The predicted molar refractivity (Wildman–Crippen MR) is 141 cm³/mol. The molecule has 2 aliphatic rings. The molecule has 3 aromatic rings. The number of aromatic nitrogens is 2. The van der Waals surface area contributed by atoms with E-state index in [-0.39, 0.29) is 17.2 Å². The standard InChI is InChI=1S/C27H31ClFN5O3/c1-2-36-24-16-23-20(26(31-17-30-23)32-18-6-7-22(29)21(28)14-18)15-25(24)37-19-8-12-34(13-9-19)27(35)33-10-4-3-5-11-33/h6-7,14-17,19H,2-5,8-13H2,1H3,(H,30,31,32). The van der Waals surface area contributed by atoms with Crippen molar-refractivity contribution >= 4 is 40.0 Å². The summed E-state index contributed by atoms with van der Waals surface area (Å²) < 4.78 is 25.9. The molecule has 2 amide bonds. The maximum atomic E-state index is 13.6. The first-order valence-corrected chi connectivity index (χ1v) is 13.2. The molecule has 0 aliphatic carbocycles. The van der Waals surface area contributed by atoms with Crippen molar-refractivity contribution in [2.45, 2.75) is 45.1 Å². The third kappa shape index (κ3) is 5.82. The van der Waals surface area contributed by atoms with Crippen molar-refractivity contribution in [2.24, 2.45) is 0 Å². The molecule has 0 spiro atoms. The van der Waals surface area contributed by atoms with Gasteiger partial charge in [0.2, 0.25) is 0 Å². The van der Waals surface area contributed by atoms with Crippen LogP contribution in [0.5, 0.6) is 11.5 Å². The van der Waals surface area contributed by atoms with E-state index in [1.807, 2.05) is 28.9 Å². The van der Waals surface area contributed by atoms with E-state index in [0.717, 1.165) is 44.2 Å². The van der Waals surface area contributed by atoms with Gasteiger partial charge in [0.1, 0.15) is 24.1 Å². The Hall–Kier alpha value is -3.33. The zero-order chi connectivity index (χ0) is 25.8. The second kappa shape index (κ2) is 11.4. The van der Waals surface area contributed by atoms with E-state index >= 15 is 0 Å². The van der Waals surface area contributed by atoms with Crippen molar-refractivity contribution in [3.8, 4) is 11.5 Å². The van der Waals surface area contributed by atoms with Crippen molar-refractivity contribution in [3.05, 3.63) is 47.5 Å². The minimum Gasteiger partial charge on any atom is -0.490 e. The molecule has 2 aromatic carbocycles.